The number of hydrogen-bond acceptors (Lipinski definition) is 2. The standard InChI is InChI=1S/C21H27IO2/c1-20-9-7-17-16-6-4-15(24-2)13-14(16)3-5-18(17)19(20)8-10-21(20,23)11-12-22/h4,6,11-13,17-19,23H,3,5,7-10H2,1-2H3/b12-11-/t17-,18-,19+,20+,21-/m1/s1. The highest BCUT2D eigenvalue weighted by Gasteiger charge is 2.60. The van der Waals surface area contributed by atoms with Gasteiger partial charge in [0.2, 0.25) is 0 Å². The van der Waals surface area contributed by atoms with Crippen molar-refractivity contribution in [2.45, 2.75) is 57.0 Å². The highest BCUT2D eigenvalue weighted by atomic mass is 127. The molecule has 0 heterocycles. The minimum Gasteiger partial charge on any atom is -0.497 e. The normalized spacial score (nSPS) is 40.9. The second-order valence-corrected chi connectivity index (χ2v) is 8.91. The molecule has 1 N–H and O–H groups in total. The van der Waals surface area contributed by atoms with Crippen LogP contribution in [0, 0.1) is 17.3 Å². The van der Waals surface area contributed by atoms with Crippen molar-refractivity contribution in [1.29, 1.82) is 0 Å². The molecule has 0 bridgehead atoms. The molecule has 5 atom stereocenters. The van der Waals surface area contributed by atoms with Gasteiger partial charge in [-0.3, -0.25) is 0 Å². The number of rotatable bonds is 2. The first-order valence-corrected chi connectivity index (χ1v) is 10.4. The molecule has 4 rings (SSSR count). The van der Waals surface area contributed by atoms with E-state index in [4.69, 9.17) is 4.74 Å². The second kappa shape index (κ2) is 6.01. The number of fused-ring (bicyclic) bond motifs is 5. The van der Waals surface area contributed by atoms with E-state index in [1.165, 1.54) is 24.8 Å². The van der Waals surface area contributed by atoms with Crippen molar-refractivity contribution in [3.8, 4) is 5.75 Å². The summed E-state index contributed by atoms with van der Waals surface area (Å²) < 4.78 is 7.43. The number of methoxy groups -OCH3 is 1. The summed E-state index contributed by atoms with van der Waals surface area (Å²) in [5, 5.41) is 11.3. The van der Waals surface area contributed by atoms with Crippen LogP contribution in [-0.2, 0) is 6.42 Å². The van der Waals surface area contributed by atoms with Gasteiger partial charge in [0.25, 0.3) is 0 Å². The van der Waals surface area contributed by atoms with Gasteiger partial charge in [0.1, 0.15) is 5.75 Å². The van der Waals surface area contributed by atoms with E-state index >= 15 is 0 Å². The second-order valence-electron chi connectivity index (χ2n) is 8.19. The van der Waals surface area contributed by atoms with Crippen LogP contribution in [0.4, 0.5) is 0 Å². The third-order valence-electron chi connectivity index (χ3n) is 7.49. The average molecular weight is 438 g/mol. The van der Waals surface area contributed by atoms with Gasteiger partial charge in [-0.05, 0) is 89.7 Å². The topological polar surface area (TPSA) is 29.5 Å². The van der Waals surface area contributed by atoms with Gasteiger partial charge in [-0.15, -0.1) is 0 Å². The Morgan fingerprint density at radius 1 is 1.25 bits per heavy atom. The fourth-order valence-corrected chi connectivity index (χ4v) is 6.71. The van der Waals surface area contributed by atoms with Crippen molar-refractivity contribution < 1.29 is 9.84 Å². The van der Waals surface area contributed by atoms with Crippen molar-refractivity contribution >= 4 is 22.6 Å². The Balaban J connectivity index is 1.68. The number of halogens is 1. The molecule has 3 heteroatoms. The summed E-state index contributed by atoms with van der Waals surface area (Å²) in [6.07, 6.45) is 8.90. The van der Waals surface area contributed by atoms with Crippen LogP contribution in [0.3, 0.4) is 0 Å². The SMILES string of the molecule is COc1ccc2c(c1)CC[C@@H]1[C@@H]2CC[C@@]2(C)[C@H]1CC[C@@]2(O)/C=C\I. The van der Waals surface area contributed by atoms with Gasteiger partial charge in [0.15, 0.2) is 0 Å². The molecule has 1 aromatic carbocycles. The highest BCUT2D eigenvalue weighted by molar-refractivity contribution is 14.1. The molecule has 0 spiro atoms. The van der Waals surface area contributed by atoms with E-state index in [0.29, 0.717) is 11.8 Å². The van der Waals surface area contributed by atoms with Crippen LogP contribution >= 0.6 is 22.6 Å². The Hall–Kier alpha value is -0.550. The summed E-state index contributed by atoms with van der Waals surface area (Å²) in [5.41, 5.74) is 2.47. The van der Waals surface area contributed by atoms with Gasteiger partial charge in [-0.25, -0.2) is 0 Å². The van der Waals surface area contributed by atoms with E-state index in [0.717, 1.165) is 30.9 Å². The third-order valence-corrected chi connectivity index (χ3v) is 7.85. The molecule has 1 aromatic rings. The van der Waals surface area contributed by atoms with E-state index in [1.54, 1.807) is 12.7 Å². The maximum absolute atomic E-state index is 11.3. The van der Waals surface area contributed by atoms with Gasteiger partial charge < -0.3 is 9.84 Å². The van der Waals surface area contributed by atoms with Gasteiger partial charge in [0, 0.05) is 5.41 Å². The van der Waals surface area contributed by atoms with Crippen LogP contribution < -0.4 is 4.74 Å². The molecule has 2 saturated carbocycles. The van der Waals surface area contributed by atoms with Gasteiger partial charge in [-0.1, -0.05) is 35.6 Å². The van der Waals surface area contributed by atoms with Crippen LogP contribution in [0.15, 0.2) is 28.4 Å². The molecular weight excluding hydrogens is 411 g/mol. The monoisotopic (exact) mass is 438 g/mol. The summed E-state index contributed by atoms with van der Waals surface area (Å²) in [7, 11) is 1.75. The molecular formula is C21H27IO2. The lowest BCUT2D eigenvalue weighted by Crippen LogP contribution is -2.49. The zero-order valence-electron chi connectivity index (χ0n) is 14.6. The van der Waals surface area contributed by atoms with Crippen molar-refractivity contribution in [3.05, 3.63) is 39.5 Å². The first-order chi connectivity index (χ1) is 11.5. The smallest absolute Gasteiger partial charge is 0.119 e. The summed E-state index contributed by atoms with van der Waals surface area (Å²) in [5.74, 6) is 3.02. The Morgan fingerprint density at radius 2 is 2.08 bits per heavy atom. The molecule has 0 amide bonds. The van der Waals surface area contributed by atoms with Crippen LogP contribution in [0.25, 0.3) is 0 Å². The third kappa shape index (κ3) is 2.30. The number of aryl methyl sites for hydroxylation is 1. The fraction of sp³-hybridized carbons (Fsp3) is 0.619. The van der Waals surface area contributed by atoms with Gasteiger partial charge >= 0.3 is 0 Å². The quantitative estimate of drug-likeness (QED) is 0.641. The zero-order valence-corrected chi connectivity index (χ0v) is 16.8. The van der Waals surface area contributed by atoms with E-state index < -0.39 is 5.60 Å². The number of aliphatic hydroxyl groups is 1. The molecule has 0 unspecified atom stereocenters. The van der Waals surface area contributed by atoms with Crippen molar-refractivity contribution in [2.24, 2.45) is 17.3 Å². The van der Waals surface area contributed by atoms with Crippen LogP contribution in [0.5, 0.6) is 5.75 Å². The number of hydrogen-bond donors (Lipinski definition) is 1. The molecule has 3 aliphatic carbocycles. The highest BCUT2D eigenvalue weighted by Crippen LogP contribution is 2.64. The Bertz CT molecular complexity index is 670. The Morgan fingerprint density at radius 3 is 2.83 bits per heavy atom. The maximum Gasteiger partial charge on any atom is 0.119 e. The number of benzene rings is 1. The molecule has 24 heavy (non-hydrogen) atoms. The average Bonchev–Trinajstić information content (AvgIpc) is 2.86. The molecule has 0 radical (unpaired) electrons. The van der Waals surface area contributed by atoms with Gasteiger partial charge in [-0.2, -0.15) is 0 Å². The Labute approximate surface area is 158 Å². The minimum absolute atomic E-state index is 0.0415. The van der Waals surface area contributed by atoms with Crippen molar-refractivity contribution in [1.82, 2.24) is 0 Å². The molecule has 0 aromatic heterocycles. The minimum atomic E-state index is -0.607. The molecule has 2 nitrogen and oxygen atoms in total. The molecule has 3 aliphatic rings. The first kappa shape index (κ1) is 16.9. The zero-order chi connectivity index (χ0) is 16.9. The van der Waals surface area contributed by atoms with Crippen LogP contribution in [0.2, 0.25) is 0 Å². The molecule has 2 fully saturated rings. The first-order valence-electron chi connectivity index (χ1n) is 9.19. The molecule has 0 saturated heterocycles. The van der Waals surface area contributed by atoms with Crippen LogP contribution in [0.1, 0.15) is 56.1 Å². The van der Waals surface area contributed by atoms with E-state index in [1.807, 2.05) is 4.08 Å². The predicted octanol–water partition coefficient (Wildman–Crippen LogP) is 5.23. The lowest BCUT2D eigenvalue weighted by molar-refractivity contribution is -0.0708. The predicted molar refractivity (Wildman–Crippen MR) is 106 cm³/mol. The Kier molecular flexibility index (Phi) is 4.23. The van der Waals surface area contributed by atoms with E-state index in [2.05, 4.69) is 53.8 Å². The fourth-order valence-electron chi connectivity index (χ4n) is 6.11. The maximum atomic E-state index is 11.3. The summed E-state index contributed by atoms with van der Waals surface area (Å²) >= 11 is 2.25. The number of ether oxygens (including phenoxy) is 1. The summed E-state index contributed by atoms with van der Waals surface area (Å²) in [6, 6.07) is 6.67. The van der Waals surface area contributed by atoms with Crippen molar-refractivity contribution in [3.63, 3.8) is 0 Å². The summed E-state index contributed by atoms with van der Waals surface area (Å²) in [6.45, 7) is 2.35. The largest absolute Gasteiger partial charge is 0.497 e. The summed E-state index contributed by atoms with van der Waals surface area (Å²) in [4.78, 5) is 0. The lowest BCUT2D eigenvalue weighted by atomic mass is 9.53. The lowest BCUT2D eigenvalue weighted by Gasteiger charge is -2.52. The van der Waals surface area contributed by atoms with E-state index in [9.17, 15) is 5.11 Å². The van der Waals surface area contributed by atoms with Crippen LogP contribution in [-0.4, -0.2) is 17.8 Å². The van der Waals surface area contributed by atoms with Crippen molar-refractivity contribution in [2.75, 3.05) is 7.11 Å². The van der Waals surface area contributed by atoms with E-state index in [-0.39, 0.29) is 5.41 Å². The molecule has 0 aliphatic heterocycles. The molecule has 130 valence electrons. The van der Waals surface area contributed by atoms with Gasteiger partial charge in [0.05, 0.1) is 12.7 Å².